The van der Waals surface area contributed by atoms with Gasteiger partial charge in [0.15, 0.2) is 0 Å². The van der Waals surface area contributed by atoms with E-state index in [1.807, 2.05) is 12.4 Å². The van der Waals surface area contributed by atoms with Gasteiger partial charge in [0.1, 0.15) is 0 Å². The first-order chi connectivity index (χ1) is 9.06. The summed E-state index contributed by atoms with van der Waals surface area (Å²) in [6.07, 6.45) is 5.05. The molecule has 0 aromatic carbocycles. The van der Waals surface area contributed by atoms with Crippen LogP contribution < -0.4 is 10.2 Å². The molecule has 1 aromatic rings. The molecule has 1 N–H and O–H groups in total. The second kappa shape index (κ2) is 8.16. The van der Waals surface area contributed by atoms with E-state index in [1.54, 1.807) is 0 Å². The number of pyridine rings is 1. The molecule has 19 heavy (non-hydrogen) atoms. The molecule has 0 unspecified atom stereocenters. The summed E-state index contributed by atoms with van der Waals surface area (Å²) in [6, 6.07) is 2.64. The Morgan fingerprint density at radius 2 is 2.00 bits per heavy atom. The molecule has 0 saturated heterocycles. The van der Waals surface area contributed by atoms with Crippen LogP contribution in [0.4, 0.5) is 5.69 Å². The molecule has 3 nitrogen and oxygen atoms in total. The largest absolute Gasteiger partial charge is 0.368 e. The first-order valence-corrected chi connectivity index (χ1v) is 7.46. The summed E-state index contributed by atoms with van der Waals surface area (Å²) in [7, 11) is 0. The number of nitrogens with one attached hydrogen (secondary N) is 1. The van der Waals surface area contributed by atoms with Crippen LogP contribution in [-0.2, 0) is 6.54 Å². The van der Waals surface area contributed by atoms with E-state index in [2.05, 4.69) is 55.9 Å². The van der Waals surface area contributed by atoms with Crippen LogP contribution in [0.1, 0.15) is 46.6 Å². The first kappa shape index (κ1) is 16.0. The highest BCUT2D eigenvalue weighted by atomic mass is 15.2. The fourth-order valence-corrected chi connectivity index (χ4v) is 2.22. The SMILES string of the molecule is CCCN(c1cnccc1CNCC(C)C)C(C)C. The summed E-state index contributed by atoms with van der Waals surface area (Å²) in [4.78, 5) is 6.75. The van der Waals surface area contributed by atoms with Gasteiger partial charge < -0.3 is 10.2 Å². The van der Waals surface area contributed by atoms with Gasteiger partial charge in [0.25, 0.3) is 0 Å². The molecule has 0 radical (unpaired) electrons. The van der Waals surface area contributed by atoms with Gasteiger partial charge in [0.05, 0.1) is 11.9 Å². The summed E-state index contributed by atoms with van der Waals surface area (Å²) in [5.74, 6) is 0.683. The Morgan fingerprint density at radius 3 is 2.58 bits per heavy atom. The van der Waals surface area contributed by atoms with Crippen molar-refractivity contribution in [1.82, 2.24) is 10.3 Å². The van der Waals surface area contributed by atoms with E-state index in [1.165, 1.54) is 11.3 Å². The van der Waals surface area contributed by atoms with Crippen molar-refractivity contribution in [2.24, 2.45) is 5.92 Å². The van der Waals surface area contributed by atoms with E-state index in [-0.39, 0.29) is 0 Å². The van der Waals surface area contributed by atoms with Gasteiger partial charge in [-0.05, 0) is 44.4 Å². The highest BCUT2D eigenvalue weighted by Crippen LogP contribution is 2.21. The lowest BCUT2D eigenvalue weighted by molar-refractivity contribution is 0.550. The number of anilines is 1. The minimum Gasteiger partial charge on any atom is -0.368 e. The van der Waals surface area contributed by atoms with Gasteiger partial charge in [0, 0.05) is 25.3 Å². The molecule has 0 atom stereocenters. The third kappa shape index (κ3) is 5.19. The zero-order valence-corrected chi connectivity index (χ0v) is 13.1. The molecular weight excluding hydrogens is 234 g/mol. The van der Waals surface area contributed by atoms with E-state index >= 15 is 0 Å². The van der Waals surface area contributed by atoms with Crippen LogP contribution >= 0.6 is 0 Å². The third-order valence-corrected chi connectivity index (χ3v) is 3.15. The molecule has 0 aliphatic carbocycles. The normalized spacial score (nSPS) is 11.3. The number of rotatable bonds is 8. The van der Waals surface area contributed by atoms with Crippen LogP contribution in [-0.4, -0.2) is 24.1 Å². The van der Waals surface area contributed by atoms with Gasteiger partial charge in [-0.15, -0.1) is 0 Å². The average molecular weight is 263 g/mol. The molecule has 1 rings (SSSR count). The van der Waals surface area contributed by atoms with Crippen LogP contribution in [0.2, 0.25) is 0 Å². The lowest BCUT2D eigenvalue weighted by Gasteiger charge is -2.30. The summed E-state index contributed by atoms with van der Waals surface area (Å²) >= 11 is 0. The molecule has 0 aliphatic rings. The number of aromatic nitrogens is 1. The predicted octanol–water partition coefficient (Wildman–Crippen LogP) is 3.45. The molecule has 0 bridgehead atoms. The molecule has 0 spiro atoms. The van der Waals surface area contributed by atoms with Gasteiger partial charge in [0.2, 0.25) is 0 Å². The smallest absolute Gasteiger partial charge is 0.0600 e. The third-order valence-electron chi connectivity index (χ3n) is 3.15. The summed E-state index contributed by atoms with van der Waals surface area (Å²) in [5.41, 5.74) is 2.62. The van der Waals surface area contributed by atoms with Crippen molar-refractivity contribution < 1.29 is 0 Å². The maximum absolute atomic E-state index is 4.30. The summed E-state index contributed by atoms with van der Waals surface area (Å²) in [5, 5.41) is 3.52. The van der Waals surface area contributed by atoms with Crippen molar-refractivity contribution >= 4 is 5.69 Å². The zero-order chi connectivity index (χ0) is 14.3. The molecule has 108 valence electrons. The average Bonchev–Trinajstić information content (AvgIpc) is 2.36. The van der Waals surface area contributed by atoms with Crippen LogP contribution in [0.3, 0.4) is 0 Å². The van der Waals surface area contributed by atoms with Crippen LogP contribution in [0.15, 0.2) is 18.5 Å². The number of hydrogen-bond acceptors (Lipinski definition) is 3. The standard InChI is InChI=1S/C16H29N3/c1-6-9-19(14(4)5)16-12-17-8-7-15(16)11-18-10-13(2)3/h7-8,12-14,18H,6,9-11H2,1-5H3. The number of hydrogen-bond donors (Lipinski definition) is 1. The van der Waals surface area contributed by atoms with Crippen LogP contribution in [0.25, 0.3) is 0 Å². The Bertz CT molecular complexity index is 361. The lowest BCUT2D eigenvalue weighted by Crippen LogP contribution is -2.33. The Labute approximate surface area is 118 Å². The quantitative estimate of drug-likeness (QED) is 0.778. The molecule has 1 aromatic heterocycles. The second-order valence-corrected chi connectivity index (χ2v) is 5.82. The highest BCUT2D eigenvalue weighted by Gasteiger charge is 2.13. The van der Waals surface area contributed by atoms with Gasteiger partial charge in [-0.25, -0.2) is 0 Å². The molecule has 3 heteroatoms. The Morgan fingerprint density at radius 1 is 1.26 bits per heavy atom. The second-order valence-electron chi connectivity index (χ2n) is 5.82. The van der Waals surface area contributed by atoms with Crippen molar-refractivity contribution in [2.45, 2.75) is 53.6 Å². The first-order valence-electron chi connectivity index (χ1n) is 7.46. The highest BCUT2D eigenvalue weighted by molar-refractivity contribution is 5.52. The van der Waals surface area contributed by atoms with Crippen molar-refractivity contribution in [3.8, 4) is 0 Å². The summed E-state index contributed by atoms with van der Waals surface area (Å²) in [6.45, 7) is 14.2. The van der Waals surface area contributed by atoms with Crippen molar-refractivity contribution in [2.75, 3.05) is 18.0 Å². The fourth-order valence-electron chi connectivity index (χ4n) is 2.22. The Hall–Kier alpha value is -1.09. The van der Waals surface area contributed by atoms with Gasteiger partial charge >= 0.3 is 0 Å². The minimum absolute atomic E-state index is 0.507. The summed E-state index contributed by atoms with van der Waals surface area (Å²) < 4.78 is 0. The topological polar surface area (TPSA) is 28.2 Å². The van der Waals surface area contributed by atoms with Gasteiger partial charge in [-0.1, -0.05) is 20.8 Å². The predicted molar refractivity (Wildman–Crippen MR) is 83.6 cm³/mol. The molecule has 0 amide bonds. The van der Waals surface area contributed by atoms with E-state index in [4.69, 9.17) is 0 Å². The molecule has 0 saturated carbocycles. The van der Waals surface area contributed by atoms with Crippen molar-refractivity contribution in [3.63, 3.8) is 0 Å². The van der Waals surface area contributed by atoms with Crippen LogP contribution in [0.5, 0.6) is 0 Å². The van der Waals surface area contributed by atoms with Crippen LogP contribution in [0, 0.1) is 5.92 Å². The van der Waals surface area contributed by atoms with Gasteiger partial charge in [-0.3, -0.25) is 4.98 Å². The Kier molecular flexibility index (Phi) is 6.85. The number of nitrogens with zero attached hydrogens (tertiary/aromatic N) is 2. The molecular formula is C16H29N3. The Balaban J connectivity index is 2.81. The van der Waals surface area contributed by atoms with E-state index in [0.717, 1.165) is 26.1 Å². The van der Waals surface area contributed by atoms with Crippen molar-refractivity contribution in [1.29, 1.82) is 0 Å². The van der Waals surface area contributed by atoms with E-state index < -0.39 is 0 Å². The zero-order valence-electron chi connectivity index (χ0n) is 13.1. The molecule has 0 fully saturated rings. The lowest BCUT2D eigenvalue weighted by atomic mass is 10.1. The maximum Gasteiger partial charge on any atom is 0.0600 e. The maximum atomic E-state index is 4.30. The van der Waals surface area contributed by atoms with Gasteiger partial charge in [-0.2, -0.15) is 0 Å². The molecule has 0 aliphatic heterocycles. The van der Waals surface area contributed by atoms with E-state index in [0.29, 0.717) is 12.0 Å². The van der Waals surface area contributed by atoms with Crippen molar-refractivity contribution in [3.05, 3.63) is 24.0 Å². The molecule has 1 heterocycles. The minimum atomic E-state index is 0.507. The monoisotopic (exact) mass is 263 g/mol. The fraction of sp³-hybridized carbons (Fsp3) is 0.688. The van der Waals surface area contributed by atoms with E-state index in [9.17, 15) is 0 Å².